The summed E-state index contributed by atoms with van der Waals surface area (Å²) in [6.45, 7) is 3.53. The van der Waals surface area contributed by atoms with Gasteiger partial charge in [0, 0.05) is 38.3 Å². The Kier molecular flexibility index (Phi) is 6.53. The van der Waals surface area contributed by atoms with E-state index in [2.05, 4.69) is 4.90 Å². The van der Waals surface area contributed by atoms with Crippen LogP contribution >= 0.6 is 11.3 Å². The Bertz CT molecular complexity index is 843. The molecule has 0 bridgehead atoms. The molecular formula is C20H24N2O5S. The zero-order valence-corrected chi connectivity index (χ0v) is 17.1. The maximum absolute atomic E-state index is 12.7. The van der Waals surface area contributed by atoms with Gasteiger partial charge in [-0.25, -0.2) is 4.79 Å². The molecule has 1 aromatic heterocycles. The Hall–Kier alpha value is -2.58. The van der Waals surface area contributed by atoms with Gasteiger partial charge in [-0.2, -0.15) is 0 Å². The molecule has 7 nitrogen and oxygen atoms in total. The molecular weight excluding hydrogens is 380 g/mol. The number of benzene rings is 1. The van der Waals surface area contributed by atoms with Crippen LogP contribution in [0.5, 0.6) is 11.5 Å². The SMILES string of the molecule is COC(=O)c1ccc(C(=O)N2CCN(Cc3cc(OC)ccc3OC)CC2)s1. The lowest BCUT2D eigenvalue weighted by Crippen LogP contribution is -2.48. The van der Waals surface area contributed by atoms with E-state index in [9.17, 15) is 9.59 Å². The van der Waals surface area contributed by atoms with E-state index < -0.39 is 5.97 Å². The minimum Gasteiger partial charge on any atom is -0.497 e. The summed E-state index contributed by atoms with van der Waals surface area (Å²) in [5, 5.41) is 0. The van der Waals surface area contributed by atoms with Gasteiger partial charge in [0.05, 0.1) is 26.2 Å². The lowest BCUT2D eigenvalue weighted by Gasteiger charge is -2.34. The molecule has 0 atom stereocenters. The fraction of sp³-hybridized carbons (Fsp3) is 0.400. The molecule has 0 radical (unpaired) electrons. The number of nitrogens with zero attached hydrogens (tertiary/aromatic N) is 2. The highest BCUT2D eigenvalue weighted by Gasteiger charge is 2.24. The van der Waals surface area contributed by atoms with E-state index in [0.29, 0.717) is 22.8 Å². The first-order valence-corrected chi connectivity index (χ1v) is 9.78. The average Bonchev–Trinajstić information content (AvgIpc) is 3.23. The Morgan fingerprint density at radius 3 is 2.32 bits per heavy atom. The molecule has 0 saturated carbocycles. The molecule has 1 saturated heterocycles. The second-order valence-electron chi connectivity index (χ2n) is 6.40. The molecule has 1 amide bonds. The summed E-state index contributed by atoms with van der Waals surface area (Å²) in [7, 11) is 4.64. The van der Waals surface area contributed by atoms with Crippen molar-refractivity contribution in [1.29, 1.82) is 0 Å². The summed E-state index contributed by atoms with van der Waals surface area (Å²) in [6, 6.07) is 9.09. The number of thiophene rings is 1. The Labute approximate surface area is 168 Å². The quantitative estimate of drug-likeness (QED) is 0.689. The minimum atomic E-state index is -0.416. The average molecular weight is 404 g/mol. The van der Waals surface area contributed by atoms with Crippen LogP contribution in [0.15, 0.2) is 30.3 Å². The number of hydrogen-bond donors (Lipinski definition) is 0. The Morgan fingerprint density at radius 2 is 1.68 bits per heavy atom. The van der Waals surface area contributed by atoms with Crippen molar-refractivity contribution in [3.63, 3.8) is 0 Å². The largest absolute Gasteiger partial charge is 0.497 e. The molecule has 150 valence electrons. The number of amides is 1. The first-order valence-electron chi connectivity index (χ1n) is 8.96. The van der Waals surface area contributed by atoms with Crippen molar-refractivity contribution in [2.45, 2.75) is 6.54 Å². The first kappa shape index (κ1) is 20.2. The molecule has 0 unspecified atom stereocenters. The molecule has 1 aliphatic heterocycles. The van der Waals surface area contributed by atoms with Gasteiger partial charge in [0.2, 0.25) is 0 Å². The summed E-state index contributed by atoms with van der Waals surface area (Å²) in [5.41, 5.74) is 1.06. The van der Waals surface area contributed by atoms with Gasteiger partial charge in [0.15, 0.2) is 0 Å². The van der Waals surface area contributed by atoms with Crippen molar-refractivity contribution < 1.29 is 23.8 Å². The second kappa shape index (κ2) is 9.07. The standard InChI is InChI=1S/C20H24N2O5S/c1-25-15-4-5-16(26-2)14(12-15)13-21-8-10-22(11-9-21)19(23)17-6-7-18(28-17)20(24)27-3/h4-7,12H,8-11,13H2,1-3H3. The molecule has 1 aromatic carbocycles. The summed E-state index contributed by atoms with van der Waals surface area (Å²) < 4.78 is 15.5. The number of methoxy groups -OCH3 is 3. The van der Waals surface area contributed by atoms with E-state index in [1.165, 1.54) is 18.4 Å². The van der Waals surface area contributed by atoms with Gasteiger partial charge in [-0.1, -0.05) is 0 Å². The van der Waals surface area contributed by atoms with Crippen LogP contribution in [0.4, 0.5) is 0 Å². The van der Waals surface area contributed by atoms with Crippen LogP contribution in [-0.2, 0) is 11.3 Å². The smallest absolute Gasteiger partial charge is 0.348 e. The number of carbonyl (C=O) groups excluding carboxylic acids is 2. The van der Waals surface area contributed by atoms with Crippen molar-refractivity contribution in [1.82, 2.24) is 9.80 Å². The van der Waals surface area contributed by atoms with Crippen molar-refractivity contribution in [2.24, 2.45) is 0 Å². The maximum atomic E-state index is 12.7. The van der Waals surface area contributed by atoms with Gasteiger partial charge in [0.25, 0.3) is 5.91 Å². The van der Waals surface area contributed by atoms with Crippen LogP contribution in [0.2, 0.25) is 0 Å². The third-order valence-electron chi connectivity index (χ3n) is 4.74. The molecule has 3 rings (SSSR count). The molecule has 1 fully saturated rings. The number of rotatable bonds is 6. The minimum absolute atomic E-state index is 0.0428. The van der Waals surface area contributed by atoms with Gasteiger partial charge in [-0.15, -0.1) is 11.3 Å². The first-order chi connectivity index (χ1) is 13.5. The summed E-state index contributed by atoms with van der Waals surface area (Å²) in [6.07, 6.45) is 0. The molecule has 0 N–H and O–H groups in total. The summed E-state index contributed by atoms with van der Waals surface area (Å²) in [5.74, 6) is 1.16. The molecule has 0 spiro atoms. The molecule has 28 heavy (non-hydrogen) atoms. The predicted molar refractivity (Wildman–Crippen MR) is 106 cm³/mol. The Balaban J connectivity index is 1.59. The van der Waals surface area contributed by atoms with Crippen molar-refractivity contribution >= 4 is 23.2 Å². The maximum Gasteiger partial charge on any atom is 0.348 e. The highest BCUT2D eigenvalue weighted by atomic mass is 32.1. The molecule has 2 heterocycles. The van der Waals surface area contributed by atoms with Crippen molar-refractivity contribution in [2.75, 3.05) is 47.5 Å². The predicted octanol–water partition coefficient (Wildman–Crippen LogP) is 2.51. The van der Waals surface area contributed by atoms with Crippen LogP contribution in [0.25, 0.3) is 0 Å². The van der Waals surface area contributed by atoms with Gasteiger partial charge in [-0.05, 0) is 30.3 Å². The Morgan fingerprint density at radius 1 is 0.964 bits per heavy atom. The third-order valence-corrected chi connectivity index (χ3v) is 5.80. The molecule has 1 aliphatic rings. The number of ether oxygens (including phenoxy) is 3. The molecule has 8 heteroatoms. The zero-order chi connectivity index (χ0) is 20.1. The van der Waals surface area contributed by atoms with Crippen LogP contribution in [0.1, 0.15) is 24.9 Å². The fourth-order valence-corrected chi connectivity index (χ4v) is 4.07. The lowest BCUT2D eigenvalue weighted by molar-refractivity contribution is 0.0605. The van der Waals surface area contributed by atoms with E-state index >= 15 is 0 Å². The van der Waals surface area contributed by atoms with Gasteiger partial charge in [0.1, 0.15) is 16.4 Å². The van der Waals surface area contributed by atoms with Gasteiger partial charge < -0.3 is 19.1 Å². The van der Waals surface area contributed by atoms with Crippen molar-refractivity contribution in [3.8, 4) is 11.5 Å². The second-order valence-corrected chi connectivity index (χ2v) is 7.49. The van der Waals surface area contributed by atoms with Crippen LogP contribution in [-0.4, -0.2) is 69.2 Å². The lowest BCUT2D eigenvalue weighted by atomic mass is 10.1. The fourth-order valence-electron chi connectivity index (χ4n) is 3.17. The van der Waals surface area contributed by atoms with Crippen molar-refractivity contribution in [3.05, 3.63) is 45.6 Å². The van der Waals surface area contributed by atoms with E-state index in [1.807, 2.05) is 23.1 Å². The van der Waals surface area contributed by atoms with Crippen LogP contribution < -0.4 is 9.47 Å². The number of piperazine rings is 1. The highest BCUT2D eigenvalue weighted by molar-refractivity contribution is 7.15. The van der Waals surface area contributed by atoms with E-state index in [4.69, 9.17) is 14.2 Å². The highest BCUT2D eigenvalue weighted by Crippen LogP contribution is 2.26. The summed E-state index contributed by atoms with van der Waals surface area (Å²) >= 11 is 1.17. The molecule has 0 aliphatic carbocycles. The van der Waals surface area contributed by atoms with Crippen LogP contribution in [0, 0.1) is 0 Å². The van der Waals surface area contributed by atoms with E-state index in [-0.39, 0.29) is 5.91 Å². The topological polar surface area (TPSA) is 68.3 Å². The molecule has 2 aromatic rings. The zero-order valence-electron chi connectivity index (χ0n) is 16.3. The van der Waals surface area contributed by atoms with Gasteiger partial charge >= 0.3 is 5.97 Å². The van der Waals surface area contributed by atoms with Crippen LogP contribution in [0.3, 0.4) is 0 Å². The summed E-state index contributed by atoms with van der Waals surface area (Å²) in [4.78, 5) is 29.4. The number of hydrogen-bond acceptors (Lipinski definition) is 7. The number of carbonyl (C=O) groups is 2. The number of esters is 1. The van der Waals surface area contributed by atoms with E-state index in [0.717, 1.165) is 36.7 Å². The van der Waals surface area contributed by atoms with E-state index in [1.54, 1.807) is 26.4 Å². The monoisotopic (exact) mass is 404 g/mol. The van der Waals surface area contributed by atoms with Gasteiger partial charge in [-0.3, -0.25) is 9.69 Å². The normalized spacial score (nSPS) is 14.6. The third kappa shape index (κ3) is 4.45.